The van der Waals surface area contributed by atoms with Gasteiger partial charge in [-0.15, -0.1) is 0 Å². The fourth-order valence-corrected chi connectivity index (χ4v) is 3.57. The van der Waals surface area contributed by atoms with E-state index in [9.17, 15) is 0 Å². The molecule has 1 fully saturated rings. The van der Waals surface area contributed by atoms with Crippen LogP contribution in [0.25, 0.3) is 11.4 Å². The Morgan fingerprint density at radius 1 is 0.900 bits per heavy atom. The molecule has 2 heterocycles. The Kier molecular flexibility index (Phi) is 6.04. The van der Waals surface area contributed by atoms with Gasteiger partial charge in [0.2, 0.25) is 11.7 Å². The average Bonchev–Trinajstić information content (AvgIpc) is 3.27. The van der Waals surface area contributed by atoms with Gasteiger partial charge in [0.15, 0.2) is 0 Å². The monoisotopic (exact) mass is 410 g/mol. The first-order chi connectivity index (χ1) is 14.7. The summed E-state index contributed by atoms with van der Waals surface area (Å²) >= 11 is 0. The highest BCUT2D eigenvalue weighted by Crippen LogP contribution is 2.31. The maximum Gasteiger partial charge on any atom is 0.241 e. The van der Waals surface area contributed by atoms with Crippen molar-refractivity contribution < 1.29 is 18.7 Å². The largest absolute Gasteiger partial charge is 0.497 e. The van der Waals surface area contributed by atoms with Crippen molar-refractivity contribution in [2.75, 3.05) is 52.4 Å². The Hall–Kier alpha value is -3.26. The molecule has 1 aromatic heterocycles. The molecule has 0 atom stereocenters. The Morgan fingerprint density at radius 2 is 1.67 bits per heavy atom. The predicted molar refractivity (Wildman–Crippen MR) is 113 cm³/mol. The molecule has 0 unspecified atom stereocenters. The van der Waals surface area contributed by atoms with Gasteiger partial charge in [-0.1, -0.05) is 11.2 Å². The van der Waals surface area contributed by atoms with E-state index in [0.29, 0.717) is 29.8 Å². The second-order valence-electron chi connectivity index (χ2n) is 7.04. The minimum atomic E-state index is 0.513. The fraction of sp³-hybridized carbons (Fsp3) is 0.364. The standard InChI is InChI=1S/C22H26N4O4/c1-27-17-6-4-5-16(13-17)26-11-9-25(10-12-26)15-21-23-22(24-30-21)19-8-7-18(28-2)14-20(19)29-3/h4-8,13-14H,9-12,15H2,1-3H3. The Labute approximate surface area is 176 Å². The van der Waals surface area contributed by atoms with E-state index in [1.807, 2.05) is 30.3 Å². The zero-order valence-electron chi connectivity index (χ0n) is 17.5. The lowest BCUT2D eigenvalue weighted by atomic mass is 10.2. The fourth-order valence-electron chi connectivity index (χ4n) is 3.57. The van der Waals surface area contributed by atoms with Crippen molar-refractivity contribution in [2.24, 2.45) is 0 Å². The molecular formula is C22H26N4O4. The highest BCUT2D eigenvalue weighted by Gasteiger charge is 2.21. The van der Waals surface area contributed by atoms with Crippen molar-refractivity contribution in [2.45, 2.75) is 6.54 Å². The van der Waals surface area contributed by atoms with Gasteiger partial charge >= 0.3 is 0 Å². The number of hydrogen-bond donors (Lipinski definition) is 0. The van der Waals surface area contributed by atoms with E-state index in [-0.39, 0.29) is 0 Å². The molecule has 0 aliphatic carbocycles. The normalized spacial score (nSPS) is 14.6. The number of rotatable bonds is 7. The van der Waals surface area contributed by atoms with Gasteiger partial charge in [0.05, 0.1) is 33.4 Å². The molecule has 0 N–H and O–H groups in total. The van der Waals surface area contributed by atoms with E-state index in [4.69, 9.17) is 18.7 Å². The van der Waals surface area contributed by atoms with E-state index >= 15 is 0 Å². The van der Waals surface area contributed by atoms with E-state index in [0.717, 1.165) is 37.5 Å². The van der Waals surface area contributed by atoms with Crippen molar-refractivity contribution in [3.05, 3.63) is 48.4 Å². The van der Waals surface area contributed by atoms with Crippen molar-refractivity contribution in [3.63, 3.8) is 0 Å². The average molecular weight is 410 g/mol. The summed E-state index contributed by atoms with van der Waals surface area (Å²) in [4.78, 5) is 9.25. The van der Waals surface area contributed by atoms with E-state index in [1.165, 1.54) is 5.69 Å². The van der Waals surface area contributed by atoms with Gasteiger partial charge in [-0.25, -0.2) is 0 Å². The molecule has 0 amide bonds. The zero-order chi connectivity index (χ0) is 20.9. The van der Waals surface area contributed by atoms with Gasteiger partial charge in [-0.05, 0) is 24.3 Å². The first-order valence-corrected chi connectivity index (χ1v) is 9.86. The van der Waals surface area contributed by atoms with Gasteiger partial charge in [-0.3, -0.25) is 4.90 Å². The van der Waals surface area contributed by atoms with Crippen molar-refractivity contribution >= 4 is 5.69 Å². The highest BCUT2D eigenvalue weighted by molar-refractivity contribution is 5.65. The third kappa shape index (κ3) is 4.33. The predicted octanol–water partition coefficient (Wildman–Crippen LogP) is 3.08. The summed E-state index contributed by atoms with van der Waals surface area (Å²) in [5.41, 5.74) is 1.96. The Bertz CT molecular complexity index is 983. The van der Waals surface area contributed by atoms with Crippen molar-refractivity contribution in [1.29, 1.82) is 0 Å². The number of nitrogens with zero attached hydrogens (tertiary/aromatic N) is 4. The third-order valence-electron chi connectivity index (χ3n) is 5.27. The van der Waals surface area contributed by atoms with Crippen LogP contribution in [0.15, 0.2) is 47.0 Å². The zero-order valence-corrected chi connectivity index (χ0v) is 17.5. The van der Waals surface area contributed by atoms with Crippen molar-refractivity contribution in [3.8, 4) is 28.6 Å². The first-order valence-electron chi connectivity index (χ1n) is 9.86. The molecule has 0 radical (unpaired) electrons. The molecule has 1 aliphatic rings. The minimum absolute atomic E-state index is 0.513. The number of benzene rings is 2. The lowest BCUT2D eigenvalue weighted by Gasteiger charge is -2.35. The van der Waals surface area contributed by atoms with Crippen molar-refractivity contribution in [1.82, 2.24) is 15.0 Å². The van der Waals surface area contributed by atoms with Crippen LogP contribution in [0.1, 0.15) is 5.89 Å². The molecular weight excluding hydrogens is 384 g/mol. The van der Waals surface area contributed by atoms with Crippen LogP contribution in [-0.2, 0) is 6.54 Å². The van der Waals surface area contributed by atoms with Gasteiger partial charge in [0.25, 0.3) is 0 Å². The molecule has 0 bridgehead atoms. The molecule has 30 heavy (non-hydrogen) atoms. The third-order valence-corrected chi connectivity index (χ3v) is 5.27. The SMILES string of the molecule is COc1cccc(N2CCN(Cc3nc(-c4ccc(OC)cc4OC)no3)CC2)c1. The van der Waals surface area contributed by atoms with E-state index in [2.05, 4.69) is 32.1 Å². The second-order valence-corrected chi connectivity index (χ2v) is 7.04. The van der Waals surface area contributed by atoms with Crippen LogP contribution in [0.3, 0.4) is 0 Å². The number of hydrogen-bond acceptors (Lipinski definition) is 8. The summed E-state index contributed by atoms with van der Waals surface area (Å²) in [5, 5.41) is 4.14. The lowest BCUT2D eigenvalue weighted by Crippen LogP contribution is -2.46. The number of aromatic nitrogens is 2. The minimum Gasteiger partial charge on any atom is -0.497 e. The molecule has 1 saturated heterocycles. The smallest absolute Gasteiger partial charge is 0.241 e. The summed E-state index contributed by atoms with van der Waals surface area (Å²) < 4.78 is 21.5. The number of anilines is 1. The molecule has 158 valence electrons. The molecule has 8 heteroatoms. The number of ether oxygens (including phenoxy) is 3. The lowest BCUT2D eigenvalue weighted by molar-refractivity contribution is 0.215. The summed E-state index contributed by atoms with van der Waals surface area (Å²) in [6, 6.07) is 13.7. The first kappa shape index (κ1) is 20.0. The summed E-state index contributed by atoms with van der Waals surface area (Å²) in [6.45, 7) is 4.32. The van der Waals surface area contributed by atoms with Gasteiger partial charge in [0.1, 0.15) is 17.2 Å². The van der Waals surface area contributed by atoms with Crippen LogP contribution in [0.4, 0.5) is 5.69 Å². The second kappa shape index (κ2) is 9.04. The van der Waals surface area contributed by atoms with Crippen LogP contribution in [-0.4, -0.2) is 62.5 Å². The van der Waals surface area contributed by atoms with Crippen LogP contribution >= 0.6 is 0 Å². The Morgan fingerprint density at radius 3 is 2.40 bits per heavy atom. The van der Waals surface area contributed by atoms with E-state index in [1.54, 1.807) is 21.3 Å². The topological polar surface area (TPSA) is 73.1 Å². The summed E-state index contributed by atoms with van der Waals surface area (Å²) in [5.74, 6) is 3.35. The molecule has 0 spiro atoms. The maximum atomic E-state index is 5.50. The quantitative estimate of drug-likeness (QED) is 0.588. The molecule has 3 aromatic rings. The number of methoxy groups -OCH3 is 3. The molecule has 2 aromatic carbocycles. The molecule has 1 aliphatic heterocycles. The summed E-state index contributed by atoms with van der Waals surface area (Å²) in [7, 11) is 4.92. The molecule has 8 nitrogen and oxygen atoms in total. The van der Waals surface area contributed by atoms with Gasteiger partial charge in [-0.2, -0.15) is 4.98 Å². The Balaban J connectivity index is 1.38. The van der Waals surface area contributed by atoms with Crippen LogP contribution in [0, 0.1) is 0 Å². The maximum absolute atomic E-state index is 5.50. The van der Waals surface area contributed by atoms with Crippen LogP contribution in [0.2, 0.25) is 0 Å². The molecule has 0 saturated carbocycles. The van der Waals surface area contributed by atoms with Gasteiger partial charge < -0.3 is 23.6 Å². The van der Waals surface area contributed by atoms with Crippen LogP contribution < -0.4 is 19.1 Å². The van der Waals surface area contributed by atoms with Crippen LogP contribution in [0.5, 0.6) is 17.2 Å². The summed E-state index contributed by atoms with van der Waals surface area (Å²) in [6.07, 6.45) is 0. The highest BCUT2D eigenvalue weighted by atomic mass is 16.5. The number of piperazine rings is 1. The van der Waals surface area contributed by atoms with E-state index < -0.39 is 0 Å². The molecule has 4 rings (SSSR count). The van der Waals surface area contributed by atoms with Gasteiger partial charge in [0, 0.05) is 44.0 Å².